The highest BCUT2D eigenvalue weighted by atomic mass is 127. The number of carbonyl (C=O) groups is 1. The lowest BCUT2D eigenvalue weighted by molar-refractivity contribution is 0.0773. The fourth-order valence-corrected chi connectivity index (χ4v) is 4.54. The van der Waals surface area contributed by atoms with Gasteiger partial charge in [-0.05, 0) is 37.5 Å². The van der Waals surface area contributed by atoms with Crippen molar-refractivity contribution in [3.63, 3.8) is 0 Å². The Labute approximate surface area is 191 Å². The molecule has 1 N–H and O–H groups in total. The van der Waals surface area contributed by atoms with Gasteiger partial charge in [-0.1, -0.05) is 26.0 Å². The number of carbonyl (C=O) groups excluding carboxylic acids is 1. The number of nitrogens with one attached hydrogen (secondary N) is 1. The van der Waals surface area contributed by atoms with E-state index in [-0.39, 0.29) is 29.9 Å². The predicted octanol–water partition coefficient (Wildman–Crippen LogP) is 3.94. The van der Waals surface area contributed by atoms with Gasteiger partial charge in [-0.15, -0.1) is 24.0 Å². The Morgan fingerprint density at radius 1 is 1.29 bits per heavy atom. The van der Waals surface area contributed by atoms with Gasteiger partial charge in [0, 0.05) is 56.3 Å². The van der Waals surface area contributed by atoms with Crippen LogP contribution in [-0.4, -0.2) is 65.9 Å². The number of halogens is 1. The number of aliphatic imine (C=N–C) groups is 1. The summed E-state index contributed by atoms with van der Waals surface area (Å²) in [5, 5.41) is 4.14. The summed E-state index contributed by atoms with van der Waals surface area (Å²) < 4.78 is 0. The topological polar surface area (TPSA) is 47.9 Å². The molecule has 1 amide bonds. The molecule has 1 heterocycles. The third kappa shape index (κ3) is 6.83. The molecule has 1 saturated heterocycles. The number of amides is 1. The van der Waals surface area contributed by atoms with E-state index >= 15 is 0 Å². The Morgan fingerprint density at radius 2 is 1.93 bits per heavy atom. The third-order valence-electron chi connectivity index (χ3n) is 5.05. The molecule has 7 heteroatoms. The summed E-state index contributed by atoms with van der Waals surface area (Å²) in [6.07, 6.45) is 0. The molecule has 1 unspecified atom stereocenters. The molecular formula is C21H35IN4OS. The minimum absolute atomic E-state index is 0. The SMILES string of the molecule is CCN(CC)C(=O)c1ccc(CNC(=NC)N2CCSC(C(C)C)C2)cc1.I. The van der Waals surface area contributed by atoms with Crippen molar-refractivity contribution in [2.45, 2.75) is 39.5 Å². The molecule has 1 atom stereocenters. The number of benzene rings is 1. The maximum atomic E-state index is 12.4. The lowest BCUT2D eigenvalue weighted by atomic mass is 10.1. The normalized spacial score (nSPS) is 17.3. The van der Waals surface area contributed by atoms with E-state index in [0.29, 0.717) is 17.7 Å². The second-order valence-corrected chi connectivity index (χ2v) is 8.52. The van der Waals surface area contributed by atoms with Crippen LogP contribution in [0, 0.1) is 5.92 Å². The minimum atomic E-state index is 0. The van der Waals surface area contributed by atoms with E-state index in [1.165, 1.54) is 0 Å². The molecule has 28 heavy (non-hydrogen) atoms. The van der Waals surface area contributed by atoms with E-state index in [2.05, 4.69) is 40.8 Å². The van der Waals surface area contributed by atoms with Crippen LogP contribution in [0.1, 0.15) is 43.6 Å². The maximum absolute atomic E-state index is 12.4. The van der Waals surface area contributed by atoms with Crippen LogP contribution in [0.4, 0.5) is 0 Å². The summed E-state index contributed by atoms with van der Waals surface area (Å²) in [6, 6.07) is 7.90. The molecule has 0 aromatic heterocycles. The van der Waals surface area contributed by atoms with E-state index < -0.39 is 0 Å². The Hall–Kier alpha value is -0.960. The van der Waals surface area contributed by atoms with E-state index in [1.807, 2.05) is 50.1 Å². The van der Waals surface area contributed by atoms with Gasteiger partial charge in [-0.25, -0.2) is 0 Å². The van der Waals surface area contributed by atoms with Gasteiger partial charge >= 0.3 is 0 Å². The molecule has 0 spiro atoms. The zero-order valence-corrected chi connectivity index (χ0v) is 20.9. The zero-order chi connectivity index (χ0) is 19.8. The fourth-order valence-electron chi connectivity index (χ4n) is 3.24. The molecule has 1 aliphatic heterocycles. The van der Waals surface area contributed by atoms with E-state index in [1.54, 1.807) is 0 Å². The summed E-state index contributed by atoms with van der Waals surface area (Å²) in [5.41, 5.74) is 1.90. The van der Waals surface area contributed by atoms with Crippen molar-refractivity contribution in [1.82, 2.24) is 15.1 Å². The average Bonchev–Trinajstić information content (AvgIpc) is 2.70. The largest absolute Gasteiger partial charge is 0.352 e. The van der Waals surface area contributed by atoms with Crippen molar-refractivity contribution in [3.05, 3.63) is 35.4 Å². The second kappa shape index (κ2) is 12.6. The zero-order valence-electron chi connectivity index (χ0n) is 17.8. The van der Waals surface area contributed by atoms with Crippen molar-refractivity contribution in [1.29, 1.82) is 0 Å². The third-order valence-corrected chi connectivity index (χ3v) is 6.59. The standard InChI is InChI=1S/C21H34N4OS.HI/c1-6-24(7-2)20(26)18-10-8-17(9-11-18)14-23-21(22-5)25-12-13-27-19(15-25)16(3)4;/h8-11,16,19H,6-7,12-15H2,1-5H3,(H,22,23);1H. The number of nitrogens with zero attached hydrogens (tertiary/aromatic N) is 3. The predicted molar refractivity (Wildman–Crippen MR) is 132 cm³/mol. The monoisotopic (exact) mass is 518 g/mol. The summed E-state index contributed by atoms with van der Waals surface area (Å²) in [5.74, 6) is 2.88. The highest BCUT2D eigenvalue weighted by molar-refractivity contribution is 14.0. The van der Waals surface area contributed by atoms with E-state index in [9.17, 15) is 4.79 Å². The van der Waals surface area contributed by atoms with Crippen LogP contribution in [0.15, 0.2) is 29.3 Å². The van der Waals surface area contributed by atoms with Gasteiger partial charge in [0.2, 0.25) is 0 Å². The highest BCUT2D eigenvalue weighted by Gasteiger charge is 2.24. The van der Waals surface area contributed by atoms with Gasteiger partial charge in [0.15, 0.2) is 5.96 Å². The van der Waals surface area contributed by atoms with Crippen molar-refractivity contribution in [2.75, 3.05) is 39.0 Å². The number of guanidine groups is 1. The molecule has 158 valence electrons. The van der Waals surface area contributed by atoms with Crippen LogP contribution in [0.3, 0.4) is 0 Å². The molecule has 1 aromatic rings. The second-order valence-electron chi connectivity index (χ2n) is 7.17. The molecule has 0 aliphatic carbocycles. The molecule has 2 rings (SSSR count). The number of hydrogen-bond donors (Lipinski definition) is 1. The van der Waals surface area contributed by atoms with Crippen LogP contribution in [0.5, 0.6) is 0 Å². The summed E-state index contributed by atoms with van der Waals surface area (Å²) in [7, 11) is 1.85. The molecule has 1 aromatic carbocycles. The molecule has 0 saturated carbocycles. The van der Waals surface area contributed by atoms with Crippen LogP contribution in [0.2, 0.25) is 0 Å². The van der Waals surface area contributed by atoms with Gasteiger partial charge in [0.25, 0.3) is 5.91 Å². The number of rotatable bonds is 6. The Balaban J connectivity index is 0.00000392. The van der Waals surface area contributed by atoms with Crippen molar-refractivity contribution < 1.29 is 4.79 Å². The van der Waals surface area contributed by atoms with E-state index in [4.69, 9.17) is 0 Å². The Morgan fingerprint density at radius 3 is 2.46 bits per heavy atom. The highest BCUT2D eigenvalue weighted by Crippen LogP contribution is 2.24. The average molecular weight is 519 g/mol. The van der Waals surface area contributed by atoms with Crippen molar-refractivity contribution in [2.24, 2.45) is 10.9 Å². The summed E-state index contributed by atoms with van der Waals surface area (Å²) in [6.45, 7) is 12.9. The van der Waals surface area contributed by atoms with Crippen LogP contribution in [0.25, 0.3) is 0 Å². The van der Waals surface area contributed by atoms with Gasteiger partial charge in [-0.2, -0.15) is 11.8 Å². The lowest BCUT2D eigenvalue weighted by Crippen LogP contribution is -2.48. The van der Waals surface area contributed by atoms with Gasteiger partial charge < -0.3 is 15.1 Å². The molecule has 5 nitrogen and oxygen atoms in total. The smallest absolute Gasteiger partial charge is 0.253 e. The first-order valence-electron chi connectivity index (χ1n) is 9.95. The molecule has 0 radical (unpaired) electrons. The molecular weight excluding hydrogens is 483 g/mol. The minimum Gasteiger partial charge on any atom is -0.352 e. The number of hydrogen-bond acceptors (Lipinski definition) is 3. The molecule has 0 bridgehead atoms. The summed E-state index contributed by atoms with van der Waals surface area (Å²) >= 11 is 2.07. The Bertz CT molecular complexity index is 632. The molecule has 1 aliphatic rings. The number of thioether (sulfide) groups is 1. The molecule has 1 fully saturated rings. The summed E-state index contributed by atoms with van der Waals surface area (Å²) in [4.78, 5) is 21.1. The van der Waals surface area contributed by atoms with Gasteiger partial charge in [-0.3, -0.25) is 9.79 Å². The van der Waals surface area contributed by atoms with Crippen LogP contribution in [-0.2, 0) is 6.54 Å². The van der Waals surface area contributed by atoms with Gasteiger partial charge in [0.05, 0.1) is 0 Å². The lowest BCUT2D eigenvalue weighted by Gasteiger charge is -2.36. The quantitative estimate of drug-likeness (QED) is 0.352. The first-order chi connectivity index (χ1) is 13.0. The van der Waals surface area contributed by atoms with Gasteiger partial charge in [0.1, 0.15) is 0 Å². The first-order valence-corrected chi connectivity index (χ1v) is 11.0. The van der Waals surface area contributed by atoms with E-state index in [0.717, 1.165) is 49.0 Å². The van der Waals surface area contributed by atoms with Crippen LogP contribution < -0.4 is 5.32 Å². The fraction of sp³-hybridized carbons (Fsp3) is 0.619. The van der Waals surface area contributed by atoms with Crippen LogP contribution >= 0.6 is 35.7 Å². The van der Waals surface area contributed by atoms with Crippen molar-refractivity contribution in [3.8, 4) is 0 Å². The maximum Gasteiger partial charge on any atom is 0.253 e. The van der Waals surface area contributed by atoms with Crippen molar-refractivity contribution >= 4 is 47.6 Å². The first kappa shape index (κ1) is 25.1. The Kier molecular flexibility index (Phi) is 11.3.